The molecule has 2 aromatic rings. The summed E-state index contributed by atoms with van der Waals surface area (Å²) in [4.78, 5) is 29.1. The lowest BCUT2D eigenvalue weighted by Crippen LogP contribution is -2.45. The molecule has 9 nitrogen and oxygen atoms in total. The minimum atomic E-state index is -0.259. The minimum Gasteiger partial charge on any atom is -0.496 e. The fraction of sp³-hybridized carbons (Fsp3) is 0.656. The zero-order valence-corrected chi connectivity index (χ0v) is 25.0. The lowest BCUT2D eigenvalue weighted by atomic mass is 9.93. The van der Waals surface area contributed by atoms with Crippen LogP contribution in [-0.2, 0) is 4.79 Å². The molecule has 5 rings (SSSR count). The number of aromatic nitrogens is 2. The van der Waals surface area contributed by atoms with E-state index in [1.54, 1.807) is 14.2 Å². The summed E-state index contributed by atoms with van der Waals surface area (Å²) in [6.07, 6.45) is 11.1. The molecule has 1 aromatic heterocycles. The number of ether oxygens (including phenoxy) is 2. The van der Waals surface area contributed by atoms with Crippen LogP contribution in [0.15, 0.2) is 24.3 Å². The van der Waals surface area contributed by atoms with Crippen molar-refractivity contribution in [3.05, 3.63) is 30.0 Å². The van der Waals surface area contributed by atoms with Gasteiger partial charge in [0.1, 0.15) is 11.5 Å². The zero-order valence-electron chi connectivity index (χ0n) is 25.0. The molecule has 1 aromatic carbocycles. The SMILES string of the molecule is COc1cccc(OC)c1-c1cc(C(=O)N[C@@H](CCN2CCCCC2)CC(=O)NC2CCC2)nn1C1CCC(C)C1. The summed E-state index contributed by atoms with van der Waals surface area (Å²) in [5, 5.41) is 11.2. The summed E-state index contributed by atoms with van der Waals surface area (Å²) in [7, 11) is 3.29. The van der Waals surface area contributed by atoms with Crippen LogP contribution in [0.1, 0.15) is 94.1 Å². The molecule has 2 N–H and O–H groups in total. The highest BCUT2D eigenvalue weighted by molar-refractivity contribution is 5.94. The van der Waals surface area contributed by atoms with Gasteiger partial charge in [-0.15, -0.1) is 0 Å². The maximum absolute atomic E-state index is 13.8. The monoisotopic (exact) mass is 565 g/mol. The van der Waals surface area contributed by atoms with E-state index in [9.17, 15) is 9.59 Å². The van der Waals surface area contributed by atoms with Crippen molar-refractivity contribution in [2.75, 3.05) is 33.9 Å². The standard InChI is InChI=1S/C32H47N5O4/c1-22-13-14-25(19-22)37-27(31-28(40-2)11-8-12-29(31)41-3)21-26(35-37)32(39)34-24(15-18-36-16-5-4-6-17-36)20-30(38)33-23-9-7-10-23/h8,11-12,21-25H,4-7,9-10,13-20H2,1-3H3,(H,33,38)(H,34,39)/t22?,24-,25?/m0/s1. The van der Waals surface area contributed by atoms with Crippen LogP contribution in [0.3, 0.4) is 0 Å². The van der Waals surface area contributed by atoms with E-state index in [-0.39, 0.29) is 36.4 Å². The van der Waals surface area contributed by atoms with E-state index in [2.05, 4.69) is 22.5 Å². The van der Waals surface area contributed by atoms with Gasteiger partial charge in [-0.25, -0.2) is 0 Å². The molecule has 2 aliphatic carbocycles. The molecule has 1 saturated heterocycles. The van der Waals surface area contributed by atoms with Gasteiger partial charge >= 0.3 is 0 Å². The van der Waals surface area contributed by atoms with Crippen molar-refractivity contribution in [3.8, 4) is 22.8 Å². The summed E-state index contributed by atoms with van der Waals surface area (Å²) >= 11 is 0. The number of amides is 2. The van der Waals surface area contributed by atoms with Gasteiger partial charge in [-0.05, 0) is 95.0 Å². The number of carbonyl (C=O) groups excluding carboxylic acids is 2. The van der Waals surface area contributed by atoms with Crippen molar-refractivity contribution >= 4 is 11.8 Å². The molecular weight excluding hydrogens is 518 g/mol. The van der Waals surface area contributed by atoms with Crippen molar-refractivity contribution in [1.82, 2.24) is 25.3 Å². The Hall–Kier alpha value is -3.07. The first-order valence-electron chi connectivity index (χ1n) is 15.6. The second-order valence-electron chi connectivity index (χ2n) is 12.2. The Morgan fingerprint density at radius 3 is 2.37 bits per heavy atom. The Bertz CT molecular complexity index is 1160. The molecule has 0 radical (unpaired) electrons. The summed E-state index contributed by atoms with van der Waals surface area (Å²) in [6, 6.07) is 7.78. The highest BCUT2D eigenvalue weighted by Crippen LogP contribution is 2.42. The summed E-state index contributed by atoms with van der Waals surface area (Å²) in [6.45, 7) is 5.31. The maximum atomic E-state index is 13.8. The number of rotatable bonds is 12. The number of hydrogen-bond acceptors (Lipinski definition) is 6. The van der Waals surface area contributed by atoms with E-state index in [4.69, 9.17) is 14.6 Å². The first kappa shape index (κ1) is 29.4. The molecule has 3 aliphatic rings. The van der Waals surface area contributed by atoms with Crippen molar-refractivity contribution < 1.29 is 19.1 Å². The molecule has 1 aliphatic heterocycles. The Morgan fingerprint density at radius 2 is 1.76 bits per heavy atom. The van der Waals surface area contributed by atoms with Crippen LogP contribution in [0.25, 0.3) is 11.3 Å². The Kier molecular flexibility index (Phi) is 9.85. The lowest BCUT2D eigenvalue weighted by Gasteiger charge is -2.29. The largest absolute Gasteiger partial charge is 0.496 e. The smallest absolute Gasteiger partial charge is 0.272 e. The van der Waals surface area contributed by atoms with Crippen molar-refractivity contribution in [2.45, 2.75) is 95.7 Å². The molecule has 2 heterocycles. The highest BCUT2D eigenvalue weighted by atomic mass is 16.5. The van der Waals surface area contributed by atoms with Crippen LogP contribution >= 0.6 is 0 Å². The molecule has 2 amide bonds. The fourth-order valence-electron chi connectivity index (χ4n) is 6.54. The number of piperidine rings is 1. The van der Waals surface area contributed by atoms with E-state index in [0.717, 1.165) is 69.4 Å². The maximum Gasteiger partial charge on any atom is 0.272 e. The second-order valence-corrected chi connectivity index (χ2v) is 12.2. The Balaban J connectivity index is 1.39. The van der Waals surface area contributed by atoms with Crippen LogP contribution < -0.4 is 20.1 Å². The van der Waals surface area contributed by atoms with Crippen LogP contribution in [0, 0.1) is 5.92 Å². The lowest BCUT2D eigenvalue weighted by molar-refractivity contribution is -0.122. The number of carbonyl (C=O) groups is 2. The molecule has 0 bridgehead atoms. The topological polar surface area (TPSA) is 97.7 Å². The van der Waals surface area contributed by atoms with Crippen LogP contribution in [0.2, 0.25) is 0 Å². The van der Waals surface area contributed by atoms with Gasteiger partial charge < -0.3 is 25.0 Å². The van der Waals surface area contributed by atoms with Crippen LogP contribution in [-0.4, -0.2) is 72.4 Å². The van der Waals surface area contributed by atoms with Gasteiger partial charge in [0, 0.05) is 25.0 Å². The normalized spacial score (nSPS) is 22.1. The molecule has 3 fully saturated rings. The molecule has 2 saturated carbocycles. The number of hydrogen-bond donors (Lipinski definition) is 2. The molecule has 2 unspecified atom stereocenters. The molecule has 41 heavy (non-hydrogen) atoms. The van der Waals surface area contributed by atoms with E-state index < -0.39 is 0 Å². The molecule has 9 heteroatoms. The fourth-order valence-corrected chi connectivity index (χ4v) is 6.54. The highest BCUT2D eigenvalue weighted by Gasteiger charge is 2.30. The number of nitrogens with one attached hydrogen (secondary N) is 2. The predicted molar refractivity (Wildman–Crippen MR) is 159 cm³/mol. The predicted octanol–water partition coefficient (Wildman–Crippen LogP) is 4.96. The Labute approximate surface area is 244 Å². The molecule has 3 atom stereocenters. The van der Waals surface area contributed by atoms with E-state index in [0.29, 0.717) is 23.1 Å². The van der Waals surface area contributed by atoms with E-state index in [1.807, 2.05) is 28.9 Å². The van der Waals surface area contributed by atoms with E-state index >= 15 is 0 Å². The van der Waals surface area contributed by atoms with Crippen molar-refractivity contribution in [1.29, 1.82) is 0 Å². The second kappa shape index (κ2) is 13.7. The summed E-state index contributed by atoms with van der Waals surface area (Å²) in [5.74, 6) is 1.72. The molecular formula is C32H47N5O4. The summed E-state index contributed by atoms with van der Waals surface area (Å²) < 4.78 is 13.5. The van der Waals surface area contributed by atoms with Gasteiger partial charge in [0.25, 0.3) is 5.91 Å². The van der Waals surface area contributed by atoms with Gasteiger partial charge in [0.15, 0.2) is 5.69 Å². The van der Waals surface area contributed by atoms with Crippen LogP contribution in [0.5, 0.6) is 11.5 Å². The van der Waals surface area contributed by atoms with Crippen molar-refractivity contribution in [2.24, 2.45) is 5.92 Å². The zero-order chi connectivity index (χ0) is 28.8. The summed E-state index contributed by atoms with van der Waals surface area (Å²) in [5.41, 5.74) is 1.97. The number of likely N-dealkylation sites (tertiary alicyclic amines) is 1. The Morgan fingerprint density at radius 1 is 1.02 bits per heavy atom. The van der Waals surface area contributed by atoms with Gasteiger partial charge in [-0.3, -0.25) is 14.3 Å². The van der Waals surface area contributed by atoms with Gasteiger partial charge in [0.2, 0.25) is 5.91 Å². The average molecular weight is 566 g/mol. The number of benzene rings is 1. The van der Waals surface area contributed by atoms with E-state index in [1.165, 1.54) is 25.7 Å². The number of nitrogens with zero attached hydrogens (tertiary/aromatic N) is 3. The van der Waals surface area contributed by atoms with Gasteiger partial charge in [-0.1, -0.05) is 19.4 Å². The van der Waals surface area contributed by atoms with Crippen LogP contribution in [0.4, 0.5) is 0 Å². The third-order valence-corrected chi connectivity index (χ3v) is 9.15. The third-order valence-electron chi connectivity index (χ3n) is 9.15. The first-order chi connectivity index (χ1) is 19.9. The van der Waals surface area contributed by atoms with Gasteiger partial charge in [-0.2, -0.15) is 5.10 Å². The quantitative estimate of drug-likeness (QED) is 0.378. The molecule has 0 spiro atoms. The van der Waals surface area contributed by atoms with Crippen molar-refractivity contribution in [3.63, 3.8) is 0 Å². The molecule has 224 valence electrons. The average Bonchev–Trinajstić information content (AvgIpc) is 3.60. The first-order valence-corrected chi connectivity index (χ1v) is 15.6. The number of methoxy groups -OCH3 is 2. The minimum absolute atomic E-state index is 0.0172. The van der Waals surface area contributed by atoms with Gasteiger partial charge in [0.05, 0.1) is 31.5 Å². The third kappa shape index (κ3) is 7.23.